The fraction of sp³-hybridized carbons (Fsp3) is 0.182. The van der Waals surface area contributed by atoms with Crippen LogP contribution in [0.4, 0.5) is 10.1 Å². The number of halogens is 2. The van der Waals surface area contributed by atoms with Crippen LogP contribution < -0.4 is 5.32 Å². The summed E-state index contributed by atoms with van der Waals surface area (Å²) in [5.74, 6) is -0.302. The number of aromatic nitrogens is 2. The van der Waals surface area contributed by atoms with Gasteiger partial charge in [0.05, 0.1) is 11.9 Å². The molecule has 0 saturated heterocycles. The highest BCUT2D eigenvalue weighted by Gasteiger charge is 2.03. The number of benzene rings is 1. The highest BCUT2D eigenvalue weighted by atomic mass is 35.5. The van der Waals surface area contributed by atoms with Crippen molar-refractivity contribution >= 4 is 17.3 Å². The molecule has 0 bridgehead atoms. The van der Waals surface area contributed by atoms with E-state index in [2.05, 4.69) is 10.4 Å². The van der Waals surface area contributed by atoms with E-state index >= 15 is 0 Å². The Balaban J connectivity index is 2.04. The molecule has 0 aliphatic rings. The smallest absolute Gasteiger partial charge is 0.129 e. The lowest BCUT2D eigenvalue weighted by molar-refractivity contribution is 0.613. The molecule has 0 fully saturated rings. The van der Waals surface area contributed by atoms with Crippen molar-refractivity contribution in [3.8, 4) is 0 Å². The maximum Gasteiger partial charge on any atom is 0.129 e. The molecule has 1 N–H and O–H groups in total. The van der Waals surface area contributed by atoms with E-state index in [1.165, 1.54) is 6.07 Å². The Labute approximate surface area is 97.8 Å². The van der Waals surface area contributed by atoms with Crippen LogP contribution in [0.25, 0.3) is 0 Å². The Bertz CT molecular complexity index is 496. The summed E-state index contributed by atoms with van der Waals surface area (Å²) in [6.45, 7) is 0.411. The van der Waals surface area contributed by atoms with Crippen molar-refractivity contribution < 1.29 is 4.39 Å². The molecule has 0 saturated carbocycles. The molecule has 5 heteroatoms. The van der Waals surface area contributed by atoms with E-state index in [4.69, 9.17) is 11.6 Å². The second-order valence-corrected chi connectivity index (χ2v) is 3.93. The summed E-state index contributed by atoms with van der Waals surface area (Å²) in [5, 5.41) is 7.49. The third-order valence-electron chi connectivity index (χ3n) is 2.20. The molecule has 2 aromatic rings. The first kappa shape index (κ1) is 11.0. The zero-order chi connectivity index (χ0) is 11.5. The molecule has 0 unspecified atom stereocenters. The van der Waals surface area contributed by atoms with Crippen LogP contribution >= 0.6 is 11.6 Å². The minimum Gasteiger partial charge on any atom is -0.378 e. The summed E-state index contributed by atoms with van der Waals surface area (Å²) in [6, 6.07) is 4.65. The maximum absolute atomic E-state index is 13.4. The SMILES string of the molecule is Cn1cc(NCc2ccc(Cl)cc2F)cn1. The van der Waals surface area contributed by atoms with Crippen molar-refractivity contribution in [2.24, 2.45) is 7.05 Å². The standard InChI is InChI=1S/C11H11ClFN3/c1-16-7-10(6-15-16)14-5-8-2-3-9(12)4-11(8)13/h2-4,6-7,14H,5H2,1H3. The van der Waals surface area contributed by atoms with Gasteiger partial charge in [0.25, 0.3) is 0 Å². The van der Waals surface area contributed by atoms with Gasteiger partial charge in [0.2, 0.25) is 0 Å². The summed E-state index contributed by atoms with van der Waals surface area (Å²) in [5.41, 5.74) is 1.44. The minimum absolute atomic E-state index is 0.302. The van der Waals surface area contributed by atoms with Gasteiger partial charge in [-0.05, 0) is 12.1 Å². The highest BCUT2D eigenvalue weighted by Crippen LogP contribution is 2.16. The van der Waals surface area contributed by atoms with E-state index < -0.39 is 0 Å². The zero-order valence-electron chi connectivity index (χ0n) is 8.74. The van der Waals surface area contributed by atoms with Crippen LogP contribution in [0.2, 0.25) is 5.02 Å². The lowest BCUT2D eigenvalue weighted by Gasteiger charge is -2.05. The number of rotatable bonds is 3. The number of aryl methyl sites for hydroxylation is 1. The maximum atomic E-state index is 13.4. The molecule has 0 amide bonds. The van der Waals surface area contributed by atoms with Gasteiger partial charge in [-0.15, -0.1) is 0 Å². The van der Waals surface area contributed by atoms with Crippen LogP contribution in [0.5, 0.6) is 0 Å². The molecule has 1 heterocycles. The van der Waals surface area contributed by atoms with Gasteiger partial charge < -0.3 is 5.32 Å². The fourth-order valence-corrected chi connectivity index (χ4v) is 1.53. The number of nitrogens with zero attached hydrogens (tertiary/aromatic N) is 2. The van der Waals surface area contributed by atoms with Crippen LogP contribution in [0, 0.1) is 5.82 Å². The Hall–Kier alpha value is -1.55. The first-order valence-corrected chi connectivity index (χ1v) is 5.19. The van der Waals surface area contributed by atoms with Crippen LogP contribution in [0.3, 0.4) is 0 Å². The summed E-state index contributed by atoms with van der Waals surface area (Å²) in [6.07, 6.45) is 3.52. The van der Waals surface area contributed by atoms with E-state index in [9.17, 15) is 4.39 Å². The normalized spacial score (nSPS) is 10.4. The number of anilines is 1. The Morgan fingerprint density at radius 2 is 2.31 bits per heavy atom. The molecule has 0 atom stereocenters. The molecule has 2 rings (SSSR count). The Kier molecular flexibility index (Phi) is 3.10. The van der Waals surface area contributed by atoms with Crippen molar-refractivity contribution in [1.82, 2.24) is 9.78 Å². The summed E-state index contributed by atoms with van der Waals surface area (Å²) < 4.78 is 15.1. The average Bonchev–Trinajstić information content (AvgIpc) is 2.63. The van der Waals surface area contributed by atoms with E-state index in [1.54, 1.807) is 23.0 Å². The molecular weight excluding hydrogens is 229 g/mol. The molecule has 16 heavy (non-hydrogen) atoms. The van der Waals surface area contributed by atoms with E-state index in [0.29, 0.717) is 17.1 Å². The topological polar surface area (TPSA) is 29.9 Å². The van der Waals surface area contributed by atoms with Gasteiger partial charge >= 0.3 is 0 Å². The molecule has 0 radical (unpaired) electrons. The van der Waals surface area contributed by atoms with Crippen LogP contribution in [-0.4, -0.2) is 9.78 Å². The second-order valence-electron chi connectivity index (χ2n) is 3.49. The van der Waals surface area contributed by atoms with Gasteiger partial charge in [-0.25, -0.2) is 4.39 Å². The summed E-state index contributed by atoms with van der Waals surface area (Å²) >= 11 is 5.66. The average molecular weight is 240 g/mol. The van der Waals surface area contributed by atoms with Crippen LogP contribution in [0.15, 0.2) is 30.6 Å². The molecule has 84 valence electrons. The zero-order valence-corrected chi connectivity index (χ0v) is 9.50. The number of hydrogen-bond donors (Lipinski definition) is 1. The molecule has 1 aromatic heterocycles. The Morgan fingerprint density at radius 3 is 2.94 bits per heavy atom. The number of nitrogens with one attached hydrogen (secondary N) is 1. The molecular formula is C11H11ClFN3. The van der Waals surface area contributed by atoms with E-state index in [0.717, 1.165) is 5.69 Å². The first-order valence-electron chi connectivity index (χ1n) is 4.81. The summed E-state index contributed by atoms with van der Waals surface area (Å²) in [7, 11) is 1.83. The van der Waals surface area contributed by atoms with Gasteiger partial charge in [0.1, 0.15) is 5.82 Å². The van der Waals surface area contributed by atoms with Crippen molar-refractivity contribution in [3.05, 3.63) is 47.0 Å². The van der Waals surface area contributed by atoms with Gasteiger partial charge in [-0.3, -0.25) is 4.68 Å². The van der Waals surface area contributed by atoms with Gasteiger partial charge in [0.15, 0.2) is 0 Å². The fourth-order valence-electron chi connectivity index (χ4n) is 1.37. The van der Waals surface area contributed by atoms with Crippen molar-refractivity contribution in [3.63, 3.8) is 0 Å². The molecule has 3 nitrogen and oxygen atoms in total. The molecule has 0 aliphatic carbocycles. The largest absolute Gasteiger partial charge is 0.378 e. The monoisotopic (exact) mass is 239 g/mol. The third kappa shape index (κ3) is 2.52. The summed E-state index contributed by atoms with van der Waals surface area (Å²) in [4.78, 5) is 0. The second kappa shape index (κ2) is 4.53. The van der Waals surface area contributed by atoms with E-state index in [1.807, 2.05) is 13.2 Å². The Morgan fingerprint density at radius 1 is 1.50 bits per heavy atom. The van der Waals surface area contributed by atoms with Crippen LogP contribution in [-0.2, 0) is 13.6 Å². The van der Waals surface area contributed by atoms with Gasteiger partial charge in [-0.2, -0.15) is 5.10 Å². The van der Waals surface area contributed by atoms with Crippen molar-refractivity contribution in [2.75, 3.05) is 5.32 Å². The van der Waals surface area contributed by atoms with Crippen molar-refractivity contribution in [2.45, 2.75) is 6.54 Å². The first-order chi connectivity index (χ1) is 7.65. The molecule has 1 aromatic carbocycles. The molecule has 0 aliphatic heterocycles. The quantitative estimate of drug-likeness (QED) is 0.893. The van der Waals surface area contributed by atoms with Gasteiger partial charge in [0, 0.05) is 30.4 Å². The predicted octanol–water partition coefficient (Wildman–Crippen LogP) is 2.82. The van der Waals surface area contributed by atoms with Crippen molar-refractivity contribution in [1.29, 1.82) is 0 Å². The predicted molar refractivity (Wildman–Crippen MR) is 61.9 cm³/mol. The van der Waals surface area contributed by atoms with Crippen LogP contribution in [0.1, 0.15) is 5.56 Å². The number of hydrogen-bond acceptors (Lipinski definition) is 2. The highest BCUT2D eigenvalue weighted by molar-refractivity contribution is 6.30. The third-order valence-corrected chi connectivity index (χ3v) is 2.44. The van der Waals surface area contributed by atoms with Gasteiger partial charge in [-0.1, -0.05) is 17.7 Å². The van der Waals surface area contributed by atoms with E-state index in [-0.39, 0.29) is 5.82 Å². The minimum atomic E-state index is -0.302. The lowest BCUT2D eigenvalue weighted by atomic mass is 10.2. The molecule has 0 spiro atoms. The lowest BCUT2D eigenvalue weighted by Crippen LogP contribution is -2.00.